The van der Waals surface area contributed by atoms with Crippen molar-refractivity contribution >= 4 is 33.2 Å². The van der Waals surface area contributed by atoms with E-state index in [-0.39, 0.29) is 16.3 Å². The van der Waals surface area contributed by atoms with Crippen LogP contribution >= 0.6 is 0 Å². The fourth-order valence-corrected chi connectivity index (χ4v) is 3.05. The van der Waals surface area contributed by atoms with Gasteiger partial charge in [-0.2, -0.15) is 4.98 Å². The first-order valence-electron chi connectivity index (χ1n) is 7.11. The molecule has 0 aliphatic heterocycles. The molecule has 0 saturated heterocycles. The minimum absolute atomic E-state index is 0.169. The SMILES string of the molecule is CN(C)c1ncc(NS(=O)(=O)c2cccc([N+](=O)[O-])c2)c(N(C)C)n1. The number of nitro benzene ring substituents is 1. The molecule has 0 unspecified atom stereocenters. The van der Waals surface area contributed by atoms with Gasteiger partial charge in [0.25, 0.3) is 15.7 Å². The number of anilines is 3. The van der Waals surface area contributed by atoms with E-state index < -0.39 is 14.9 Å². The lowest BCUT2D eigenvalue weighted by Gasteiger charge is -2.19. The van der Waals surface area contributed by atoms with Crippen molar-refractivity contribution in [2.75, 3.05) is 42.7 Å². The standard InChI is InChI=1S/C14H18N6O4S/c1-18(2)13-12(9-15-14(16-13)19(3)4)17-25(23,24)11-7-5-6-10(8-11)20(21)22/h5-9,17H,1-4H3. The van der Waals surface area contributed by atoms with Crippen molar-refractivity contribution in [3.05, 3.63) is 40.6 Å². The van der Waals surface area contributed by atoms with Crippen LogP contribution < -0.4 is 14.5 Å². The van der Waals surface area contributed by atoms with Crippen molar-refractivity contribution < 1.29 is 13.3 Å². The van der Waals surface area contributed by atoms with Gasteiger partial charge in [0.05, 0.1) is 16.0 Å². The van der Waals surface area contributed by atoms with Gasteiger partial charge in [-0.3, -0.25) is 14.8 Å². The molecule has 1 aromatic heterocycles. The van der Waals surface area contributed by atoms with Crippen LogP contribution in [0.15, 0.2) is 35.4 Å². The van der Waals surface area contributed by atoms with E-state index in [1.807, 2.05) is 0 Å². The van der Waals surface area contributed by atoms with Crippen LogP contribution in [0, 0.1) is 10.1 Å². The first kappa shape index (κ1) is 18.4. The Morgan fingerprint density at radius 2 is 1.84 bits per heavy atom. The molecule has 0 spiro atoms. The molecule has 1 heterocycles. The highest BCUT2D eigenvalue weighted by Crippen LogP contribution is 2.26. The van der Waals surface area contributed by atoms with Gasteiger partial charge >= 0.3 is 0 Å². The number of sulfonamides is 1. The number of nitrogens with one attached hydrogen (secondary N) is 1. The predicted octanol–water partition coefficient (Wildman–Crippen LogP) is 1.32. The summed E-state index contributed by atoms with van der Waals surface area (Å²) in [6.45, 7) is 0. The molecule has 0 amide bonds. The van der Waals surface area contributed by atoms with E-state index in [0.717, 1.165) is 6.07 Å². The van der Waals surface area contributed by atoms with Crippen LogP contribution in [0.4, 0.5) is 23.1 Å². The van der Waals surface area contributed by atoms with Gasteiger partial charge in [-0.25, -0.2) is 13.4 Å². The third-order valence-corrected chi connectivity index (χ3v) is 4.53. The van der Waals surface area contributed by atoms with Crippen molar-refractivity contribution in [3.8, 4) is 0 Å². The number of non-ortho nitro benzene ring substituents is 1. The minimum Gasteiger partial charge on any atom is -0.361 e. The Bertz CT molecular complexity index is 898. The molecule has 0 radical (unpaired) electrons. The summed E-state index contributed by atoms with van der Waals surface area (Å²) in [4.78, 5) is 21.7. The Morgan fingerprint density at radius 3 is 2.40 bits per heavy atom. The normalized spacial score (nSPS) is 11.0. The zero-order valence-electron chi connectivity index (χ0n) is 14.2. The van der Waals surface area contributed by atoms with Gasteiger partial charge in [-0.1, -0.05) is 6.07 Å². The monoisotopic (exact) mass is 366 g/mol. The zero-order chi connectivity index (χ0) is 18.8. The van der Waals surface area contributed by atoms with Gasteiger partial charge in [0.2, 0.25) is 5.95 Å². The number of nitro groups is 1. The summed E-state index contributed by atoms with van der Waals surface area (Å²) < 4.78 is 27.5. The van der Waals surface area contributed by atoms with Gasteiger partial charge in [0, 0.05) is 40.3 Å². The number of aromatic nitrogens is 2. The molecule has 1 aromatic carbocycles. The van der Waals surface area contributed by atoms with E-state index in [0.29, 0.717) is 11.8 Å². The highest BCUT2D eigenvalue weighted by atomic mass is 32.2. The third kappa shape index (κ3) is 4.12. The molecule has 0 aliphatic carbocycles. The largest absolute Gasteiger partial charge is 0.361 e. The first-order chi connectivity index (χ1) is 11.6. The van der Waals surface area contributed by atoms with Crippen LogP contribution in [0.5, 0.6) is 0 Å². The topological polar surface area (TPSA) is 122 Å². The van der Waals surface area contributed by atoms with E-state index in [1.165, 1.54) is 24.4 Å². The molecule has 0 atom stereocenters. The van der Waals surface area contributed by atoms with Gasteiger partial charge < -0.3 is 9.80 Å². The number of hydrogen-bond acceptors (Lipinski definition) is 8. The van der Waals surface area contributed by atoms with Crippen LogP contribution in [-0.4, -0.2) is 51.5 Å². The molecular weight excluding hydrogens is 348 g/mol. The number of rotatable bonds is 6. The number of nitrogens with zero attached hydrogens (tertiary/aromatic N) is 5. The van der Waals surface area contributed by atoms with E-state index in [4.69, 9.17) is 0 Å². The summed E-state index contributed by atoms with van der Waals surface area (Å²) in [5.41, 5.74) is -0.142. The third-order valence-electron chi connectivity index (χ3n) is 3.16. The van der Waals surface area contributed by atoms with E-state index in [9.17, 15) is 18.5 Å². The quantitative estimate of drug-likeness (QED) is 0.600. The van der Waals surface area contributed by atoms with Crippen LogP contribution in [0.25, 0.3) is 0 Å². The zero-order valence-corrected chi connectivity index (χ0v) is 15.0. The smallest absolute Gasteiger partial charge is 0.270 e. The minimum atomic E-state index is -4.03. The Labute approximate surface area is 145 Å². The first-order valence-corrected chi connectivity index (χ1v) is 8.59. The second-order valence-corrected chi connectivity index (χ2v) is 7.24. The molecule has 0 saturated carbocycles. The molecule has 0 bridgehead atoms. The van der Waals surface area contributed by atoms with Crippen molar-refractivity contribution in [1.29, 1.82) is 0 Å². The molecule has 134 valence electrons. The summed E-state index contributed by atoms with van der Waals surface area (Å²) in [7, 11) is 2.93. The molecule has 25 heavy (non-hydrogen) atoms. The van der Waals surface area contributed by atoms with Crippen molar-refractivity contribution in [2.45, 2.75) is 4.90 Å². The molecular formula is C14H18N6O4S. The van der Waals surface area contributed by atoms with E-state index >= 15 is 0 Å². The average molecular weight is 366 g/mol. The van der Waals surface area contributed by atoms with Crippen molar-refractivity contribution in [1.82, 2.24) is 9.97 Å². The van der Waals surface area contributed by atoms with Crippen LogP contribution in [-0.2, 0) is 10.0 Å². The molecule has 2 rings (SSSR count). The maximum atomic E-state index is 12.6. The van der Waals surface area contributed by atoms with E-state index in [1.54, 1.807) is 38.0 Å². The second-order valence-electron chi connectivity index (χ2n) is 5.56. The Hall–Kier alpha value is -2.95. The summed E-state index contributed by atoms with van der Waals surface area (Å²) in [5.74, 6) is 0.787. The van der Waals surface area contributed by atoms with Crippen molar-refractivity contribution in [3.63, 3.8) is 0 Å². The van der Waals surface area contributed by atoms with Crippen LogP contribution in [0.3, 0.4) is 0 Å². The molecule has 1 N–H and O–H groups in total. The summed E-state index contributed by atoms with van der Waals surface area (Å²) in [6.07, 6.45) is 1.35. The molecule has 2 aromatic rings. The molecule has 10 nitrogen and oxygen atoms in total. The van der Waals surface area contributed by atoms with Gasteiger partial charge in [-0.05, 0) is 6.07 Å². The summed E-state index contributed by atoms with van der Waals surface area (Å²) >= 11 is 0. The predicted molar refractivity (Wildman–Crippen MR) is 94.6 cm³/mol. The van der Waals surface area contributed by atoms with Crippen LogP contribution in [0.2, 0.25) is 0 Å². The maximum absolute atomic E-state index is 12.6. The Kier molecular flexibility index (Phi) is 5.07. The number of hydrogen-bond donors (Lipinski definition) is 1. The van der Waals surface area contributed by atoms with Crippen molar-refractivity contribution in [2.24, 2.45) is 0 Å². The molecule has 0 fully saturated rings. The highest BCUT2D eigenvalue weighted by Gasteiger charge is 2.21. The fraction of sp³-hybridized carbons (Fsp3) is 0.286. The number of benzene rings is 1. The lowest BCUT2D eigenvalue weighted by molar-refractivity contribution is -0.385. The fourth-order valence-electron chi connectivity index (χ4n) is 1.96. The van der Waals surface area contributed by atoms with Gasteiger partial charge in [0.15, 0.2) is 5.82 Å². The second kappa shape index (κ2) is 6.89. The molecule has 11 heteroatoms. The Balaban J connectivity index is 2.44. The maximum Gasteiger partial charge on any atom is 0.270 e. The average Bonchev–Trinajstić information content (AvgIpc) is 2.54. The Morgan fingerprint density at radius 1 is 1.16 bits per heavy atom. The van der Waals surface area contributed by atoms with Crippen LogP contribution in [0.1, 0.15) is 0 Å². The molecule has 0 aliphatic rings. The lowest BCUT2D eigenvalue weighted by atomic mass is 10.3. The van der Waals surface area contributed by atoms with Gasteiger partial charge in [0.1, 0.15) is 5.69 Å². The highest BCUT2D eigenvalue weighted by molar-refractivity contribution is 7.92. The summed E-state index contributed by atoms with van der Waals surface area (Å²) in [5, 5.41) is 10.8. The van der Waals surface area contributed by atoms with E-state index in [2.05, 4.69) is 14.7 Å². The lowest BCUT2D eigenvalue weighted by Crippen LogP contribution is -2.21. The summed E-state index contributed by atoms with van der Waals surface area (Å²) in [6, 6.07) is 4.80. The van der Waals surface area contributed by atoms with Gasteiger partial charge in [-0.15, -0.1) is 0 Å².